The number of benzene rings is 2. The van der Waals surface area contributed by atoms with Gasteiger partial charge < -0.3 is 10.1 Å². The fourth-order valence-electron chi connectivity index (χ4n) is 2.89. The zero-order valence-corrected chi connectivity index (χ0v) is 15.6. The Morgan fingerprint density at radius 1 is 1.10 bits per heavy atom. The normalized spacial score (nSPS) is 13.6. The van der Waals surface area contributed by atoms with Crippen molar-refractivity contribution in [3.63, 3.8) is 0 Å². The van der Waals surface area contributed by atoms with Crippen LogP contribution >= 0.6 is 0 Å². The molecular formula is C22H18F3NO3. The molecule has 1 N–H and O–H groups in total. The van der Waals surface area contributed by atoms with Crippen LogP contribution in [0, 0.1) is 17.5 Å². The highest BCUT2D eigenvalue weighted by atomic mass is 19.1. The second-order valence-electron chi connectivity index (χ2n) is 6.38. The molecule has 0 aromatic heterocycles. The van der Waals surface area contributed by atoms with E-state index < -0.39 is 23.4 Å². The van der Waals surface area contributed by atoms with Crippen LogP contribution in [0.5, 0.6) is 0 Å². The minimum Gasteiger partial charge on any atom is -0.490 e. The predicted molar refractivity (Wildman–Crippen MR) is 102 cm³/mol. The third-order valence-electron chi connectivity index (χ3n) is 4.31. The number of Topliss-reactive ketones (excluding diaryl/α,β-unsaturated/α-hetero) is 1. The van der Waals surface area contributed by atoms with Gasteiger partial charge in [0.15, 0.2) is 5.76 Å². The summed E-state index contributed by atoms with van der Waals surface area (Å²) in [6, 6.07) is 7.00. The number of rotatable bonds is 6. The minimum absolute atomic E-state index is 0.101. The van der Waals surface area contributed by atoms with Gasteiger partial charge in [-0.1, -0.05) is 18.2 Å². The van der Waals surface area contributed by atoms with Gasteiger partial charge >= 0.3 is 0 Å². The van der Waals surface area contributed by atoms with Gasteiger partial charge in [0.2, 0.25) is 11.7 Å². The van der Waals surface area contributed by atoms with Crippen LogP contribution in [0.3, 0.4) is 0 Å². The topological polar surface area (TPSA) is 55.4 Å². The third-order valence-corrected chi connectivity index (χ3v) is 4.31. The summed E-state index contributed by atoms with van der Waals surface area (Å²) in [6.45, 7) is 2.11. The van der Waals surface area contributed by atoms with Gasteiger partial charge in [-0.25, -0.2) is 13.2 Å². The van der Waals surface area contributed by atoms with Gasteiger partial charge in [0.1, 0.15) is 17.5 Å². The molecule has 3 rings (SSSR count). The van der Waals surface area contributed by atoms with E-state index in [4.69, 9.17) is 4.74 Å². The number of carbonyl (C=O) groups excluding carboxylic acids is 2. The summed E-state index contributed by atoms with van der Waals surface area (Å²) < 4.78 is 46.6. The van der Waals surface area contributed by atoms with Crippen LogP contribution in [0.4, 0.5) is 18.9 Å². The molecule has 1 aliphatic carbocycles. The Bertz CT molecular complexity index is 1030. The zero-order valence-electron chi connectivity index (χ0n) is 15.6. The molecule has 0 saturated heterocycles. The molecule has 29 heavy (non-hydrogen) atoms. The summed E-state index contributed by atoms with van der Waals surface area (Å²) >= 11 is 0. The van der Waals surface area contributed by atoms with E-state index in [1.54, 1.807) is 25.1 Å². The van der Waals surface area contributed by atoms with Crippen LogP contribution < -0.4 is 5.32 Å². The van der Waals surface area contributed by atoms with E-state index in [0.717, 1.165) is 18.2 Å². The molecule has 0 aliphatic heterocycles. The van der Waals surface area contributed by atoms with E-state index in [0.29, 0.717) is 17.7 Å². The summed E-state index contributed by atoms with van der Waals surface area (Å²) in [6.07, 6.45) is 3.05. The number of hydrogen-bond donors (Lipinski definition) is 1. The average Bonchev–Trinajstić information content (AvgIpc) is 2.68. The summed E-state index contributed by atoms with van der Waals surface area (Å²) in [7, 11) is 0. The van der Waals surface area contributed by atoms with E-state index in [1.165, 1.54) is 12.1 Å². The number of anilines is 1. The number of halogens is 3. The van der Waals surface area contributed by atoms with Crippen LogP contribution in [0.25, 0.3) is 5.57 Å². The van der Waals surface area contributed by atoms with Crippen LogP contribution in [-0.2, 0) is 20.7 Å². The first kappa shape index (κ1) is 20.4. The molecule has 0 bridgehead atoms. The Kier molecular flexibility index (Phi) is 6.16. The van der Waals surface area contributed by atoms with Crippen molar-refractivity contribution in [2.45, 2.75) is 19.8 Å². The molecule has 0 radical (unpaired) electrons. The van der Waals surface area contributed by atoms with Crippen molar-refractivity contribution < 1.29 is 27.5 Å². The number of amides is 1. The molecule has 0 atom stereocenters. The van der Waals surface area contributed by atoms with Gasteiger partial charge in [0, 0.05) is 12.5 Å². The fraction of sp³-hybridized carbons (Fsp3) is 0.182. The van der Waals surface area contributed by atoms with E-state index in [1.807, 2.05) is 0 Å². The molecule has 0 spiro atoms. The maximum atomic E-state index is 14.5. The largest absolute Gasteiger partial charge is 0.490 e. The maximum absolute atomic E-state index is 14.5. The molecule has 0 heterocycles. The Labute approximate surface area is 165 Å². The predicted octanol–water partition coefficient (Wildman–Crippen LogP) is 4.56. The summed E-state index contributed by atoms with van der Waals surface area (Å²) in [4.78, 5) is 23.9. The van der Waals surface area contributed by atoms with Crippen LogP contribution in [0.1, 0.15) is 24.5 Å². The maximum Gasteiger partial charge on any atom is 0.228 e. The first-order valence-electron chi connectivity index (χ1n) is 8.99. The molecule has 7 heteroatoms. The summed E-state index contributed by atoms with van der Waals surface area (Å²) in [5.41, 5.74) is 0.972. The van der Waals surface area contributed by atoms with E-state index >= 15 is 0 Å². The Morgan fingerprint density at radius 3 is 2.62 bits per heavy atom. The minimum atomic E-state index is -0.786. The van der Waals surface area contributed by atoms with Crippen molar-refractivity contribution in [1.29, 1.82) is 0 Å². The van der Waals surface area contributed by atoms with Gasteiger partial charge in [-0.05, 0) is 47.9 Å². The molecule has 150 valence electrons. The molecular weight excluding hydrogens is 383 g/mol. The first-order chi connectivity index (χ1) is 13.9. The average molecular weight is 401 g/mol. The molecule has 1 aliphatic rings. The van der Waals surface area contributed by atoms with E-state index in [2.05, 4.69) is 5.32 Å². The van der Waals surface area contributed by atoms with E-state index in [-0.39, 0.29) is 35.6 Å². The fourth-order valence-corrected chi connectivity index (χ4v) is 2.89. The molecule has 0 unspecified atom stereocenters. The Hall–Kier alpha value is -3.35. The number of allylic oxidation sites excluding steroid dienone is 4. The molecule has 1 amide bonds. The lowest BCUT2D eigenvalue weighted by molar-refractivity contribution is -0.118. The third kappa shape index (κ3) is 4.93. The zero-order chi connectivity index (χ0) is 21.0. The van der Waals surface area contributed by atoms with Crippen LogP contribution in [-0.4, -0.2) is 18.3 Å². The number of carbonyl (C=O) groups is 2. The van der Waals surface area contributed by atoms with E-state index in [9.17, 15) is 22.8 Å². The summed E-state index contributed by atoms with van der Waals surface area (Å²) in [5.74, 6) is -2.70. The highest BCUT2D eigenvalue weighted by Gasteiger charge is 2.18. The molecule has 2 aromatic carbocycles. The highest BCUT2D eigenvalue weighted by molar-refractivity contribution is 6.01. The quantitative estimate of drug-likeness (QED) is 0.772. The molecule has 4 nitrogen and oxygen atoms in total. The SMILES string of the molecule is CCOC1=CC(c2ccc(CC(=O)Nc3cc(F)ccc3F)c(F)c2)=CCC1=O. The first-order valence-corrected chi connectivity index (χ1v) is 8.99. The van der Waals surface area contributed by atoms with Crippen molar-refractivity contribution in [2.75, 3.05) is 11.9 Å². The Balaban J connectivity index is 1.74. The van der Waals surface area contributed by atoms with Crippen molar-refractivity contribution in [3.8, 4) is 0 Å². The standard InChI is InChI=1S/C22H18F3NO3/c1-2-29-21-10-14(5-8-20(21)27)13-3-4-15(18(25)9-13)11-22(28)26-19-12-16(23)6-7-17(19)24/h3-7,9-10,12H,2,8,11H2,1H3,(H,26,28). The van der Waals surface area contributed by atoms with Crippen molar-refractivity contribution in [2.24, 2.45) is 0 Å². The number of ketones is 1. The lowest BCUT2D eigenvalue weighted by Gasteiger charge is -2.14. The summed E-state index contributed by atoms with van der Waals surface area (Å²) in [5, 5.41) is 2.23. The van der Waals surface area contributed by atoms with Crippen LogP contribution in [0.2, 0.25) is 0 Å². The van der Waals surface area contributed by atoms with Gasteiger partial charge in [0.25, 0.3) is 0 Å². The lowest BCUT2D eigenvalue weighted by Crippen LogP contribution is -2.16. The van der Waals surface area contributed by atoms with Crippen molar-refractivity contribution >= 4 is 23.0 Å². The van der Waals surface area contributed by atoms with Crippen LogP contribution in [0.15, 0.2) is 54.3 Å². The Morgan fingerprint density at radius 2 is 1.90 bits per heavy atom. The van der Waals surface area contributed by atoms with Gasteiger partial charge in [-0.2, -0.15) is 0 Å². The molecule has 0 fully saturated rings. The van der Waals surface area contributed by atoms with Gasteiger partial charge in [-0.3, -0.25) is 9.59 Å². The lowest BCUT2D eigenvalue weighted by atomic mass is 9.96. The molecule has 0 saturated carbocycles. The number of nitrogens with one attached hydrogen (secondary N) is 1. The monoisotopic (exact) mass is 401 g/mol. The smallest absolute Gasteiger partial charge is 0.228 e. The van der Waals surface area contributed by atoms with Crippen molar-refractivity contribution in [3.05, 3.63) is 82.9 Å². The van der Waals surface area contributed by atoms with Gasteiger partial charge in [-0.15, -0.1) is 0 Å². The molecule has 2 aromatic rings. The number of hydrogen-bond acceptors (Lipinski definition) is 3. The number of ether oxygens (including phenoxy) is 1. The van der Waals surface area contributed by atoms with Gasteiger partial charge in [0.05, 0.1) is 18.7 Å². The van der Waals surface area contributed by atoms with Crippen molar-refractivity contribution in [1.82, 2.24) is 0 Å². The second-order valence-corrected chi connectivity index (χ2v) is 6.38. The highest BCUT2D eigenvalue weighted by Crippen LogP contribution is 2.26. The second kappa shape index (κ2) is 8.77.